The van der Waals surface area contributed by atoms with Crippen LogP contribution in [0.2, 0.25) is 0 Å². The van der Waals surface area contributed by atoms with Crippen LogP contribution in [-0.4, -0.2) is 25.8 Å². The molecule has 0 unspecified atom stereocenters. The third kappa shape index (κ3) is 3.36. The Labute approximate surface area is 112 Å². The SMILES string of the molecule is CC1CCN(S(=O)(=O)Nc2ccc(F)cc2N)CC1. The Bertz CT molecular complexity index is 554. The van der Waals surface area contributed by atoms with Gasteiger partial charge in [-0.05, 0) is 37.0 Å². The van der Waals surface area contributed by atoms with Crippen LogP contribution >= 0.6 is 0 Å². The standard InChI is InChI=1S/C12H18FN3O2S/c1-9-4-6-16(7-5-9)19(17,18)15-12-3-2-10(13)8-11(12)14/h2-3,8-9,15H,4-7,14H2,1H3. The zero-order valence-electron chi connectivity index (χ0n) is 10.8. The molecule has 0 aliphatic carbocycles. The number of piperidine rings is 1. The van der Waals surface area contributed by atoms with E-state index in [0.29, 0.717) is 19.0 Å². The van der Waals surface area contributed by atoms with Gasteiger partial charge in [-0.25, -0.2) is 4.39 Å². The number of hydrogen-bond donors (Lipinski definition) is 2. The van der Waals surface area contributed by atoms with Crippen LogP contribution in [0.3, 0.4) is 0 Å². The van der Waals surface area contributed by atoms with Gasteiger partial charge in [0, 0.05) is 13.1 Å². The van der Waals surface area contributed by atoms with E-state index in [-0.39, 0.29) is 11.4 Å². The summed E-state index contributed by atoms with van der Waals surface area (Å²) >= 11 is 0. The molecule has 5 nitrogen and oxygen atoms in total. The number of nitrogens with zero attached hydrogens (tertiary/aromatic N) is 1. The monoisotopic (exact) mass is 287 g/mol. The molecule has 0 saturated carbocycles. The average Bonchev–Trinajstić information content (AvgIpc) is 2.33. The highest BCUT2D eigenvalue weighted by Crippen LogP contribution is 2.24. The Morgan fingerprint density at radius 1 is 1.37 bits per heavy atom. The zero-order valence-corrected chi connectivity index (χ0v) is 11.6. The van der Waals surface area contributed by atoms with E-state index in [2.05, 4.69) is 11.6 Å². The number of nitrogens with one attached hydrogen (secondary N) is 1. The molecule has 1 aromatic rings. The number of nitrogen functional groups attached to an aromatic ring is 1. The van der Waals surface area contributed by atoms with E-state index in [1.54, 1.807) is 0 Å². The predicted molar refractivity (Wildman–Crippen MR) is 73.3 cm³/mol. The van der Waals surface area contributed by atoms with E-state index in [9.17, 15) is 12.8 Å². The maximum absolute atomic E-state index is 12.9. The molecule has 0 aromatic heterocycles. The van der Waals surface area contributed by atoms with E-state index < -0.39 is 16.0 Å². The lowest BCUT2D eigenvalue weighted by Gasteiger charge is -2.29. The van der Waals surface area contributed by atoms with Crippen molar-refractivity contribution in [1.29, 1.82) is 0 Å². The first-order valence-electron chi connectivity index (χ1n) is 6.21. The molecule has 0 amide bonds. The van der Waals surface area contributed by atoms with Gasteiger partial charge in [-0.3, -0.25) is 4.72 Å². The lowest BCUT2D eigenvalue weighted by atomic mass is 10.0. The summed E-state index contributed by atoms with van der Waals surface area (Å²) in [5, 5.41) is 0. The molecule has 0 bridgehead atoms. The van der Waals surface area contributed by atoms with E-state index in [4.69, 9.17) is 5.73 Å². The van der Waals surface area contributed by atoms with Crippen LogP contribution in [0.5, 0.6) is 0 Å². The third-order valence-corrected chi connectivity index (χ3v) is 4.86. The summed E-state index contributed by atoms with van der Waals surface area (Å²) in [5.74, 6) is 0.0505. The minimum absolute atomic E-state index is 0.0777. The normalized spacial score (nSPS) is 18.4. The van der Waals surface area contributed by atoms with Crippen molar-refractivity contribution in [3.63, 3.8) is 0 Å². The minimum atomic E-state index is -3.61. The molecule has 1 saturated heterocycles. The largest absolute Gasteiger partial charge is 0.397 e. The van der Waals surface area contributed by atoms with Crippen molar-refractivity contribution in [3.05, 3.63) is 24.0 Å². The molecule has 0 atom stereocenters. The van der Waals surface area contributed by atoms with Gasteiger partial charge in [0.1, 0.15) is 5.82 Å². The van der Waals surface area contributed by atoms with Crippen LogP contribution in [0, 0.1) is 11.7 Å². The minimum Gasteiger partial charge on any atom is -0.397 e. The van der Waals surface area contributed by atoms with Gasteiger partial charge < -0.3 is 5.73 Å². The van der Waals surface area contributed by atoms with Crippen LogP contribution in [0.15, 0.2) is 18.2 Å². The lowest BCUT2D eigenvalue weighted by molar-refractivity contribution is 0.289. The van der Waals surface area contributed by atoms with Gasteiger partial charge in [0.15, 0.2) is 0 Å². The van der Waals surface area contributed by atoms with Crippen LogP contribution in [0.25, 0.3) is 0 Å². The second-order valence-corrected chi connectivity index (χ2v) is 6.59. The molecule has 2 rings (SSSR count). The lowest BCUT2D eigenvalue weighted by Crippen LogP contribution is -2.41. The second kappa shape index (κ2) is 5.34. The number of benzene rings is 1. The summed E-state index contributed by atoms with van der Waals surface area (Å²) in [6.07, 6.45) is 1.69. The molecule has 1 aliphatic rings. The summed E-state index contributed by atoms with van der Waals surface area (Å²) in [7, 11) is -3.61. The average molecular weight is 287 g/mol. The molecule has 1 fully saturated rings. The van der Waals surface area contributed by atoms with Crippen LogP contribution in [0.1, 0.15) is 19.8 Å². The number of hydrogen-bond acceptors (Lipinski definition) is 3. The van der Waals surface area contributed by atoms with Gasteiger partial charge >= 0.3 is 10.2 Å². The Kier molecular flexibility index (Phi) is 3.96. The van der Waals surface area contributed by atoms with E-state index in [1.165, 1.54) is 16.4 Å². The Balaban J connectivity index is 2.12. The van der Waals surface area contributed by atoms with Gasteiger partial charge in [0.25, 0.3) is 0 Å². The quantitative estimate of drug-likeness (QED) is 0.832. The smallest absolute Gasteiger partial charge is 0.301 e. The molecule has 106 valence electrons. The molecule has 3 N–H and O–H groups in total. The number of rotatable bonds is 3. The predicted octanol–water partition coefficient (Wildman–Crippen LogP) is 1.80. The van der Waals surface area contributed by atoms with E-state index in [1.807, 2.05) is 0 Å². The summed E-state index contributed by atoms with van der Waals surface area (Å²) < 4.78 is 41.0. The van der Waals surface area contributed by atoms with Crippen molar-refractivity contribution in [2.45, 2.75) is 19.8 Å². The zero-order chi connectivity index (χ0) is 14.0. The Morgan fingerprint density at radius 3 is 2.58 bits per heavy atom. The maximum atomic E-state index is 12.9. The van der Waals surface area contributed by atoms with E-state index in [0.717, 1.165) is 18.9 Å². The van der Waals surface area contributed by atoms with Gasteiger partial charge in [0.05, 0.1) is 11.4 Å². The Morgan fingerprint density at radius 2 is 2.00 bits per heavy atom. The highest BCUT2D eigenvalue weighted by molar-refractivity contribution is 7.90. The number of anilines is 2. The highest BCUT2D eigenvalue weighted by atomic mass is 32.2. The molecule has 7 heteroatoms. The van der Waals surface area contributed by atoms with Crippen LogP contribution in [0.4, 0.5) is 15.8 Å². The molecule has 0 spiro atoms. The maximum Gasteiger partial charge on any atom is 0.301 e. The van der Waals surface area contributed by atoms with Crippen molar-refractivity contribution < 1.29 is 12.8 Å². The second-order valence-electron chi connectivity index (χ2n) is 4.92. The fraction of sp³-hybridized carbons (Fsp3) is 0.500. The van der Waals surface area contributed by atoms with Crippen LogP contribution in [-0.2, 0) is 10.2 Å². The van der Waals surface area contributed by atoms with Crippen molar-refractivity contribution in [2.24, 2.45) is 5.92 Å². The first kappa shape index (κ1) is 14.1. The molecule has 1 aliphatic heterocycles. The van der Waals surface area contributed by atoms with Crippen LogP contribution < -0.4 is 10.5 Å². The van der Waals surface area contributed by atoms with Gasteiger partial charge in [-0.2, -0.15) is 12.7 Å². The molecule has 1 aromatic carbocycles. The molecular formula is C12H18FN3O2S. The van der Waals surface area contributed by atoms with Gasteiger partial charge in [-0.1, -0.05) is 6.92 Å². The highest BCUT2D eigenvalue weighted by Gasteiger charge is 2.26. The molecule has 19 heavy (non-hydrogen) atoms. The van der Waals surface area contributed by atoms with Crippen molar-refractivity contribution in [2.75, 3.05) is 23.5 Å². The topological polar surface area (TPSA) is 75.4 Å². The first-order valence-corrected chi connectivity index (χ1v) is 7.65. The summed E-state index contributed by atoms with van der Waals surface area (Å²) in [6, 6.07) is 3.59. The first-order chi connectivity index (χ1) is 8.88. The fourth-order valence-corrected chi connectivity index (χ4v) is 3.34. The third-order valence-electron chi connectivity index (χ3n) is 3.34. The summed E-state index contributed by atoms with van der Waals surface area (Å²) in [6.45, 7) is 3.10. The molecule has 0 radical (unpaired) electrons. The number of nitrogens with two attached hydrogens (primary N) is 1. The van der Waals surface area contributed by atoms with E-state index >= 15 is 0 Å². The molecular weight excluding hydrogens is 269 g/mol. The van der Waals surface area contributed by atoms with Crippen molar-refractivity contribution in [1.82, 2.24) is 4.31 Å². The van der Waals surface area contributed by atoms with Crippen molar-refractivity contribution in [3.8, 4) is 0 Å². The summed E-state index contributed by atoms with van der Waals surface area (Å²) in [5.41, 5.74) is 5.88. The number of halogens is 1. The van der Waals surface area contributed by atoms with Gasteiger partial charge in [-0.15, -0.1) is 0 Å². The van der Waals surface area contributed by atoms with Gasteiger partial charge in [0.2, 0.25) is 0 Å². The van der Waals surface area contributed by atoms with Crippen molar-refractivity contribution >= 4 is 21.6 Å². The summed E-state index contributed by atoms with van der Waals surface area (Å²) in [4.78, 5) is 0. The Hall–Kier alpha value is -1.34. The fourth-order valence-electron chi connectivity index (χ4n) is 2.06. The molecule has 1 heterocycles.